The maximum Gasteiger partial charge on any atom is 0.354 e. The fourth-order valence-corrected chi connectivity index (χ4v) is 2.85. The van der Waals surface area contributed by atoms with Crippen LogP contribution < -0.4 is 5.32 Å². The van der Waals surface area contributed by atoms with Crippen molar-refractivity contribution in [3.8, 4) is 0 Å². The molecule has 5 nitrogen and oxygen atoms in total. The summed E-state index contributed by atoms with van der Waals surface area (Å²) in [4.78, 5) is 26.6. The minimum absolute atomic E-state index is 0.0519. The van der Waals surface area contributed by atoms with Gasteiger partial charge in [0, 0.05) is 12.2 Å². The van der Waals surface area contributed by atoms with Gasteiger partial charge in [-0.1, -0.05) is 13.8 Å². The fraction of sp³-hybridized carbons (Fsp3) is 0.562. The SMILES string of the molecule is CC(C)C1CCC(NC(=O)c2ccc(C(=O)O)nc2)CC1. The van der Waals surface area contributed by atoms with Crippen molar-refractivity contribution < 1.29 is 14.7 Å². The van der Waals surface area contributed by atoms with E-state index in [0.717, 1.165) is 31.6 Å². The lowest BCUT2D eigenvalue weighted by Crippen LogP contribution is -2.38. The number of amides is 1. The van der Waals surface area contributed by atoms with E-state index in [1.54, 1.807) is 0 Å². The highest BCUT2D eigenvalue weighted by molar-refractivity contribution is 5.95. The number of carbonyl (C=O) groups excluding carboxylic acids is 1. The minimum atomic E-state index is -1.09. The number of hydrogen-bond donors (Lipinski definition) is 2. The molecule has 1 saturated carbocycles. The van der Waals surface area contributed by atoms with E-state index in [9.17, 15) is 9.59 Å². The van der Waals surface area contributed by atoms with E-state index in [2.05, 4.69) is 24.1 Å². The molecule has 1 aliphatic carbocycles. The summed E-state index contributed by atoms with van der Waals surface area (Å²) in [7, 11) is 0. The number of carboxylic acids is 1. The smallest absolute Gasteiger partial charge is 0.354 e. The summed E-state index contributed by atoms with van der Waals surface area (Å²) in [6, 6.07) is 3.07. The van der Waals surface area contributed by atoms with Crippen molar-refractivity contribution in [1.29, 1.82) is 0 Å². The van der Waals surface area contributed by atoms with Gasteiger partial charge in [0.15, 0.2) is 0 Å². The number of pyridine rings is 1. The van der Waals surface area contributed by atoms with E-state index in [1.807, 2.05) is 0 Å². The number of nitrogens with one attached hydrogen (secondary N) is 1. The van der Waals surface area contributed by atoms with Crippen molar-refractivity contribution in [2.45, 2.75) is 45.6 Å². The molecule has 1 heterocycles. The Labute approximate surface area is 124 Å². The molecule has 0 atom stereocenters. The number of carboxylic acid groups (broad SMARTS) is 1. The van der Waals surface area contributed by atoms with Crippen molar-refractivity contribution in [2.24, 2.45) is 11.8 Å². The average Bonchev–Trinajstić information content (AvgIpc) is 2.47. The van der Waals surface area contributed by atoms with E-state index in [-0.39, 0.29) is 17.6 Å². The van der Waals surface area contributed by atoms with Crippen LogP contribution >= 0.6 is 0 Å². The second kappa shape index (κ2) is 6.70. The van der Waals surface area contributed by atoms with Gasteiger partial charge in [-0.3, -0.25) is 4.79 Å². The van der Waals surface area contributed by atoms with E-state index in [0.29, 0.717) is 11.5 Å². The summed E-state index contributed by atoms with van der Waals surface area (Å²) < 4.78 is 0. The number of aromatic carboxylic acids is 1. The Bertz CT molecular complexity index is 503. The van der Waals surface area contributed by atoms with E-state index >= 15 is 0 Å². The van der Waals surface area contributed by atoms with Gasteiger partial charge < -0.3 is 10.4 Å². The predicted octanol–water partition coefficient (Wildman–Crippen LogP) is 2.72. The molecule has 0 unspecified atom stereocenters. The van der Waals surface area contributed by atoms with Crippen LogP contribution in [0, 0.1) is 11.8 Å². The van der Waals surface area contributed by atoms with Crippen LogP contribution in [0.4, 0.5) is 0 Å². The summed E-state index contributed by atoms with van der Waals surface area (Å²) in [5.41, 5.74) is 0.356. The number of rotatable bonds is 4. The molecular weight excluding hydrogens is 268 g/mol. The second-order valence-electron chi connectivity index (χ2n) is 6.07. The maximum atomic E-state index is 12.1. The summed E-state index contributed by atoms with van der Waals surface area (Å²) in [6.45, 7) is 4.50. The Morgan fingerprint density at radius 3 is 2.38 bits per heavy atom. The quantitative estimate of drug-likeness (QED) is 0.893. The molecule has 2 rings (SSSR count). The first-order valence-electron chi connectivity index (χ1n) is 7.47. The van der Waals surface area contributed by atoms with Gasteiger partial charge in [0.1, 0.15) is 5.69 Å². The highest BCUT2D eigenvalue weighted by Gasteiger charge is 2.24. The molecule has 5 heteroatoms. The molecule has 21 heavy (non-hydrogen) atoms. The topological polar surface area (TPSA) is 79.3 Å². The van der Waals surface area contributed by atoms with Crippen LogP contribution in [0.5, 0.6) is 0 Å². The van der Waals surface area contributed by atoms with Crippen molar-refractivity contribution >= 4 is 11.9 Å². The standard InChI is InChI=1S/C16H22N2O3/c1-10(2)11-3-6-13(7-4-11)18-15(19)12-5-8-14(16(20)21)17-9-12/h5,8-11,13H,3-4,6-7H2,1-2H3,(H,18,19)(H,20,21). The zero-order valence-electron chi connectivity index (χ0n) is 12.5. The van der Waals surface area contributed by atoms with Crippen LogP contribution in [0.2, 0.25) is 0 Å². The first-order chi connectivity index (χ1) is 9.97. The third-order valence-electron chi connectivity index (χ3n) is 4.29. The number of aromatic nitrogens is 1. The van der Waals surface area contributed by atoms with E-state index < -0.39 is 5.97 Å². The molecule has 0 spiro atoms. The Morgan fingerprint density at radius 2 is 1.90 bits per heavy atom. The van der Waals surface area contributed by atoms with E-state index in [1.165, 1.54) is 18.3 Å². The maximum absolute atomic E-state index is 12.1. The van der Waals surface area contributed by atoms with Crippen LogP contribution in [0.3, 0.4) is 0 Å². The number of nitrogens with zero attached hydrogens (tertiary/aromatic N) is 1. The molecule has 2 N–H and O–H groups in total. The van der Waals surface area contributed by atoms with Crippen LogP contribution in [-0.2, 0) is 0 Å². The normalized spacial score (nSPS) is 22.0. The summed E-state index contributed by atoms with van der Waals surface area (Å²) in [5.74, 6) is 0.200. The Kier molecular flexibility index (Phi) is 4.94. The molecule has 0 bridgehead atoms. The lowest BCUT2D eigenvalue weighted by molar-refractivity contribution is 0.0689. The molecule has 0 radical (unpaired) electrons. The van der Waals surface area contributed by atoms with Gasteiger partial charge in [0.25, 0.3) is 5.91 Å². The minimum Gasteiger partial charge on any atom is -0.477 e. The number of hydrogen-bond acceptors (Lipinski definition) is 3. The largest absolute Gasteiger partial charge is 0.477 e. The zero-order valence-corrected chi connectivity index (χ0v) is 12.5. The van der Waals surface area contributed by atoms with Crippen molar-refractivity contribution in [3.63, 3.8) is 0 Å². The van der Waals surface area contributed by atoms with E-state index in [4.69, 9.17) is 5.11 Å². The first kappa shape index (κ1) is 15.5. The van der Waals surface area contributed by atoms with Crippen LogP contribution in [0.1, 0.15) is 60.4 Å². The molecule has 1 aromatic heterocycles. The van der Waals surface area contributed by atoms with Gasteiger partial charge in [-0.2, -0.15) is 0 Å². The van der Waals surface area contributed by atoms with Gasteiger partial charge in [-0.15, -0.1) is 0 Å². The van der Waals surface area contributed by atoms with Gasteiger partial charge in [0.2, 0.25) is 0 Å². The Balaban J connectivity index is 1.89. The molecule has 1 amide bonds. The van der Waals surface area contributed by atoms with Crippen LogP contribution in [0.15, 0.2) is 18.3 Å². The highest BCUT2D eigenvalue weighted by Crippen LogP contribution is 2.29. The summed E-state index contributed by atoms with van der Waals surface area (Å²) >= 11 is 0. The monoisotopic (exact) mass is 290 g/mol. The summed E-state index contributed by atoms with van der Waals surface area (Å²) in [5, 5.41) is 11.8. The zero-order chi connectivity index (χ0) is 15.4. The van der Waals surface area contributed by atoms with Crippen molar-refractivity contribution in [3.05, 3.63) is 29.6 Å². The predicted molar refractivity (Wildman–Crippen MR) is 79.2 cm³/mol. The molecular formula is C16H22N2O3. The molecule has 0 saturated heterocycles. The lowest BCUT2D eigenvalue weighted by Gasteiger charge is -2.31. The van der Waals surface area contributed by atoms with Gasteiger partial charge in [-0.25, -0.2) is 9.78 Å². The molecule has 114 valence electrons. The molecule has 0 aliphatic heterocycles. The molecule has 1 aromatic rings. The second-order valence-corrected chi connectivity index (χ2v) is 6.07. The summed E-state index contributed by atoms with van der Waals surface area (Å²) in [6.07, 6.45) is 5.64. The first-order valence-corrected chi connectivity index (χ1v) is 7.47. The van der Waals surface area contributed by atoms with Crippen molar-refractivity contribution in [2.75, 3.05) is 0 Å². The van der Waals surface area contributed by atoms with Gasteiger partial charge in [-0.05, 0) is 49.7 Å². The molecule has 1 aliphatic rings. The lowest BCUT2D eigenvalue weighted by atomic mass is 9.79. The van der Waals surface area contributed by atoms with Gasteiger partial charge >= 0.3 is 5.97 Å². The Morgan fingerprint density at radius 1 is 1.24 bits per heavy atom. The highest BCUT2D eigenvalue weighted by atomic mass is 16.4. The third kappa shape index (κ3) is 4.03. The molecule has 0 aromatic carbocycles. The van der Waals surface area contributed by atoms with Gasteiger partial charge in [0.05, 0.1) is 5.56 Å². The number of carbonyl (C=O) groups is 2. The Hall–Kier alpha value is -1.91. The average molecular weight is 290 g/mol. The van der Waals surface area contributed by atoms with Crippen molar-refractivity contribution in [1.82, 2.24) is 10.3 Å². The van der Waals surface area contributed by atoms with Crippen LogP contribution in [0.25, 0.3) is 0 Å². The molecule has 1 fully saturated rings. The fourth-order valence-electron chi connectivity index (χ4n) is 2.85. The third-order valence-corrected chi connectivity index (χ3v) is 4.29. The van der Waals surface area contributed by atoms with Crippen LogP contribution in [-0.4, -0.2) is 28.0 Å².